The van der Waals surface area contributed by atoms with Crippen LogP contribution in [0, 0.1) is 58.2 Å². The Morgan fingerprint density at radius 3 is 2.45 bits per heavy atom. The highest BCUT2D eigenvalue weighted by molar-refractivity contribution is 5.87. The highest BCUT2D eigenvalue weighted by Gasteiger charge is 2.71. The van der Waals surface area contributed by atoms with Gasteiger partial charge in [0.2, 0.25) is 0 Å². The van der Waals surface area contributed by atoms with E-state index in [1.807, 2.05) is 0 Å². The molecule has 174 valence electrons. The summed E-state index contributed by atoms with van der Waals surface area (Å²) in [6.07, 6.45) is 11.5. The quantitative estimate of drug-likeness (QED) is 0.529. The van der Waals surface area contributed by atoms with E-state index in [0.29, 0.717) is 34.9 Å². The predicted molar refractivity (Wildman–Crippen MR) is 123 cm³/mol. The Morgan fingerprint density at radius 2 is 1.71 bits per heavy atom. The van der Waals surface area contributed by atoms with Crippen LogP contribution in [-0.2, 0) is 9.53 Å². The fourth-order valence-corrected chi connectivity index (χ4v) is 10.3. The minimum atomic E-state index is -0.171. The Balaban J connectivity index is 1.30. The molecule has 4 saturated carbocycles. The fraction of sp³-hybridized carbons (Fsp3) is 0.964. The number of carbonyl (C=O) groups is 1. The summed E-state index contributed by atoms with van der Waals surface area (Å²) in [6, 6.07) is 0. The Morgan fingerprint density at radius 1 is 0.935 bits per heavy atom. The maximum Gasteiger partial charge on any atom is 0.139 e. The van der Waals surface area contributed by atoms with Gasteiger partial charge in [0.1, 0.15) is 11.5 Å². The molecule has 3 nitrogen and oxygen atoms in total. The number of hydrogen-bond acceptors (Lipinski definition) is 3. The van der Waals surface area contributed by atoms with Crippen molar-refractivity contribution in [2.45, 2.75) is 104 Å². The number of rotatable bonds is 0. The summed E-state index contributed by atoms with van der Waals surface area (Å²) in [5.74, 6) is 5.82. The first kappa shape index (κ1) is 21.1. The SMILES string of the molecule is C[C@@H]1CC[C@@]2(NC1)O[C@H]1C[C@H]3[C@H]4CC[C@H]5C[C@H](C)CC[C@]5(C)[C@H]4CC(=O)[C@]3(C)[C@H]1[C@@H]2C. The lowest BCUT2D eigenvalue weighted by atomic mass is 9.43. The van der Waals surface area contributed by atoms with Gasteiger partial charge >= 0.3 is 0 Å². The lowest BCUT2D eigenvalue weighted by molar-refractivity contribution is -0.161. The molecule has 0 aromatic carbocycles. The molecule has 31 heavy (non-hydrogen) atoms. The van der Waals surface area contributed by atoms with E-state index in [4.69, 9.17) is 4.74 Å². The molecular weight excluding hydrogens is 382 g/mol. The number of carbonyl (C=O) groups excluding carboxylic acids is 1. The molecule has 0 aromatic heterocycles. The number of Topliss-reactive ketones (excluding diaryl/α,β-unsaturated/α-hetero) is 1. The second-order valence-corrected chi connectivity index (χ2v) is 13.6. The molecule has 12 atom stereocenters. The lowest BCUT2D eigenvalue weighted by Crippen LogP contribution is -2.59. The third kappa shape index (κ3) is 2.69. The molecule has 0 amide bonds. The number of piperidine rings is 1. The average molecular weight is 428 g/mol. The molecule has 2 saturated heterocycles. The van der Waals surface area contributed by atoms with Gasteiger partial charge < -0.3 is 4.74 Å². The summed E-state index contributed by atoms with van der Waals surface area (Å²) in [4.78, 5) is 14.1. The molecule has 6 fully saturated rings. The summed E-state index contributed by atoms with van der Waals surface area (Å²) in [5, 5.41) is 3.82. The van der Waals surface area contributed by atoms with Gasteiger partial charge in [0, 0.05) is 30.2 Å². The average Bonchev–Trinajstić information content (AvgIpc) is 3.18. The highest BCUT2D eigenvalue weighted by Crippen LogP contribution is 2.70. The van der Waals surface area contributed by atoms with Crippen LogP contribution in [0.3, 0.4) is 0 Å². The van der Waals surface area contributed by atoms with Crippen LogP contribution in [0.4, 0.5) is 0 Å². The van der Waals surface area contributed by atoms with Gasteiger partial charge in [0.05, 0.1) is 6.10 Å². The van der Waals surface area contributed by atoms with Crippen LogP contribution < -0.4 is 5.32 Å². The van der Waals surface area contributed by atoms with Crippen molar-refractivity contribution in [3.05, 3.63) is 0 Å². The largest absolute Gasteiger partial charge is 0.357 e. The zero-order valence-electron chi connectivity index (χ0n) is 20.6. The van der Waals surface area contributed by atoms with E-state index >= 15 is 0 Å². The molecule has 2 heterocycles. The van der Waals surface area contributed by atoms with Crippen molar-refractivity contribution in [3.8, 4) is 0 Å². The molecular formula is C28H45NO2. The molecule has 0 aromatic rings. The zero-order chi connectivity index (χ0) is 21.8. The van der Waals surface area contributed by atoms with E-state index in [-0.39, 0.29) is 17.2 Å². The number of nitrogens with one attached hydrogen (secondary N) is 1. The van der Waals surface area contributed by atoms with Crippen LogP contribution in [0.5, 0.6) is 0 Å². The van der Waals surface area contributed by atoms with E-state index in [0.717, 1.165) is 49.5 Å². The smallest absolute Gasteiger partial charge is 0.139 e. The molecule has 0 bridgehead atoms. The summed E-state index contributed by atoms with van der Waals surface area (Å²) in [5.41, 5.74) is 0.0691. The summed E-state index contributed by atoms with van der Waals surface area (Å²) >= 11 is 0. The van der Waals surface area contributed by atoms with Crippen molar-refractivity contribution < 1.29 is 9.53 Å². The molecule has 2 aliphatic heterocycles. The fourth-order valence-electron chi connectivity index (χ4n) is 10.3. The van der Waals surface area contributed by atoms with Crippen LogP contribution in [0.25, 0.3) is 0 Å². The molecule has 0 radical (unpaired) electrons. The van der Waals surface area contributed by atoms with Crippen molar-refractivity contribution in [2.75, 3.05) is 6.54 Å². The van der Waals surface area contributed by atoms with Crippen LogP contribution in [0.15, 0.2) is 0 Å². The van der Waals surface area contributed by atoms with E-state index in [1.165, 1.54) is 38.5 Å². The normalized spacial score (nSPS) is 60.9. The monoisotopic (exact) mass is 427 g/mol. The van der Waals surface area contributed by atoms with E-state index in [9.17, 15) is 4.79 Å². The lowest BCUT2D eigenvalue weighted by Gasteiger charge is -2.60. The topological polar surface area (TPSA) is 38.3 Å². The first-order valence-corrected chi connectivity index (χ1v) is 13.6. The third-order valence-electron chi connectivity index (χ3n) is 12.3. The minimum absolute atomic E-state index is 0.162. The minimum Gasteiger partial charge on any atom is -0.357 e. The number of hydrogen-bond donors (Lipinski definition) is 1. The summed E-state index contributed by atoms with van der Waals surface area (Å²) in [7, 11) is 0. The Kier molecular flexibility index (Phi) is 4.65. The Labute approximate surface area is 189 Å². The van der Waals surface area contributed by atoms with Crippen molar-refractivity contribution in [3.63, 3.8) is 0 Å². The first-order chi connectivity index (χ1) is 14.7. The highest BCUT2D eigenvalue weighted by atomic mass is 16.5. The van der Waals surface area contributed by atoms with Crippen LogP contribution in [0.1, 0.15) is 92.4 Å². The van der Waals surface area contributed by atoms with E-state index < -0.39 is 0 Å². The van der Waals surface area contributed by atoms with E-state index in [1.54, 1.807) is 0 Å². The third-order valence-corrected chi connectivity index (χ3v) is 12.3. The van der Waals surface area contributed by atoms with Crippen molar-refractivity contribution in [1.29, 1.82) is 0 Å². The van der Waals surface area contributed by atoms with Gasteiger partial charge in [-0.3, -0.25) is 10.1 Å². The van der Waals surface area contributed by atoms with Crippen LogP contribution in [0.2, 0.25) is 0 Å². The van der Waals surface area contributed by atoms with Crippen molar-refractivity contribution in [2.24, 2.45) is 58.2 Å². The number of ether oxygens (including phenoxy) is 1. The molecule has 6 rings (SSSR count). The van der Waals surface area contributed by atoms with Gasteiger partial charge in [-0.1, -0.05) is 41.0 Å². The zero-order valence-corrected chi connectivity index (χ0v) is 20.6. The standard InChI is InChI=1S/C28H45NO2/c1-16-8-10-26(4)19(12-16)6-7-20-21(26)14-24(30)27(5)22(20)13-23-25(27)18(3)28(31-23)11-9-17(2)15-29-28/h16-23,25,29H,6-15H2,1-5H3/t16-,17-,18+,19+,20+,21+,22+,23+,25+,26+,27-,28-/m1/s1. The second-order valence-electron chi connectivity index (χ2n) is 13.6. The van der Waals surface area contributed by atoms with Crippen molar-refractivity contribution >= 4 is 5.78 Å². The Bertz CT molecular complexity index is 756. The molecule has 0 unspecified atom stereocenters. The first-order valence-electron chi connectivity index (χ1n) is 13.6. The van der Waals surface area contributed by atoms with Gasteiger partial charge in [0.25, 0.3) is 0 Å². The van der Waals surface area contributed by atoms with Crippen LogP contribution in [-0.4, -0.2) is 24.2 Å². The second kappa shape index (κ2) is 6.81. The van der Waals surface area contributed by atoms with Gasteiger partial charge in [-0.15, -0.1) is 0 Å². The molecule has 4 aliphatic carbocycles. The number of ketones is 1. The molecule has 6 aliphatic rings. The molecule has 1 spiro atoms. The summed E-state index contributed by atoms with van der Waals surface area (Å²) in [6.45, 7) is 13.2. The predicted octanol–water partition coefficient (Wildman–Crippen LogP) is 5.82. The maximum absolute atomic E-state index is 14.1. The van der Waals surface area contributed by atoms with Gasteiger partial charge in [-0.2, -0.15) is 0 Å². The summed E-state index contributed by atoms with van der Waals surface area (Å²) < 4.78 is 6.94. The van der Waals surface area contributed by atoms with Gasteiger partial charge in [-0.05, 0) is 85.9 Å². The number of fused-ring (bicyclic) bond motifs is 7. The van der Waals surface area contributed by atoms with Crippen molar-refractivity contribution in [1.82, 2.24) is 5.32 Å². The van der Waals surface area contributed by atoms with Crippen LogP contribution >= 0.6 is 0 Å². The molecule has 3 heteroatoms. The Hall–Kier alpha value is -0.410. The van der Waals surface area contributed by atoms with Gasteiger partial charge in [-0.25, -0.2) is 0 Å². The maximum atomic E-state index is 14.1. The van der Waals surface area contributed by atoms with Gasteiger partial charge in [0.15, 0.2) is 0 Å². The van der Waals surface area contributed by atoms with E-state index in [2.05, 4.69) is 39.9 Å². The molecule has 1 N–H and O–H groups in total.